The summed E-state index contributed by atoms with van der Waals surface area (Å²) >= 11 is 0. The number of nitrogens with zero attached hydrogens (tertiary/aromatic N) is 2. The van der Waals surface area contributed by atoms with E-state index < -0.39 is 5.82 Å². The first-order chi connectivity index (χ1) is 11.6. The van der Waals surface area contributed by atoms with Crippen molar-refractivity contribution < 1.29 is 9.50 Å². The lowest BCUT2D eigenvalue weighted by atomic mass is 9.96. The molecule has 25 heavy (non-hydrogen) atoms. The average Bonchev–Trinajstić information content (AvgIpc) is 2.74. The number of rotatable bonds is 2. The first kappa shape index (κ1) is 17.1. The summed E-state index contributed by atoms with van der Waals surface area (Å²) in [5, 5.41) is 9.70. The lowest BCUT2D eigenvalue weighted by Gasteiger charge is -2.18. The number of nitrogens with two attached hydrogens (primary N) is 1. The van der Waals surface area contributed by atoms with E-state index in [4.69, 9.17) is 5.73 Å². The summed E-state index contributed by atoms with van der Waals surface area (Å²) < 4.78 is 18.2. The number of phenolic OH excluding ortho intramolecular Hbond substituents is 1. The van der Waals surface area contributed by atoms with Gasteiger partial charge in [0.1, 0.15) is 11.3 Å². The minimum Gasteiger partial charge on any atom is -0.508 e. The third-order valence-corrected chi connectivity index (χ3v) is 4.20. The number of anilines is 1. The van der Waals surface area contributed by atoms with E-state index >= 15 is 4.39 Å². The molecule has 0 spiro atoms. The van der Waals surface area contributed by atoms with E-state index in [2.05, 4.69) is 0 Å². The smallest absolute Gasteiger partial charge is 0.328 e. The second kappa shape index (κ2) is 5.65. The van der Waals surface area contributed by atoms with Crippen molar-refractivity contribution in [3.63, 3.8) is 0 Å². The molecule has 0 saturated heterocycles. The number of nitrogen functional groups attached to an aromatic ring is 1. The number of fused-ring (bicyclic) bond motifs is 1. The molecule has 0 fully saturated rings. The highest BCUT2D eigenvalue weighted by Gasteiger charge is 2.22. The molecule has 3 aromatic rings. The number of aromatic hydroxyl groups is 1. The SMILES string of the molecule is Cn1c(=O)n(CC(C)(C)C)c2ccc(-c3cc(O)ccc3N)c(F)c21. The van der Waals surface area contributed by atoms with Gasteiger partial charge in [0.15, 0.2) is 5.82 Å². The topological polar surface area (TPSA) is 73.2 Å². The molecule has 3 rings (SSSR count). The molecule has 3 N–H and O–H groups in total. The number of phenols is 1. The van der Waals surface area contributed by atoms with Gasteiger partial charge in [-0.05, 0) is 35.7 Å². The van der Waals surface area contributed by atoms with Gasteiger partial charge in [-0.2, -0.15) is 0 Å². The van der Waals surface area contributed by atoms with E-state index in [1.165, 1.54) is 22.8 Å². The molecule has 0 saturated carbocycles. The monoisotopic (exact) mass is 343 g/mol. The van der Waals surface area contributed by atoms with Crippen LogP contribution in [0.5, 0.6) is 5.75 Å². The van der Waals surface area contributed by atoms with Crippen molar-refractivity contribution in [3.05, 3.63) is 46.6 Å². The number of aromatic nitrogens is 2. The van der Waals surface area contributed by atoms with Crippen molar-refractivity contribution in [1.29, 1.82) is 0 Å². The van der Waals surface area contributed by atoms with Gasteiger partial charge in [-0.1, -0.05) is 20.8 Å². The van der Waals surface area contributed by atoms with Crippen LogP contribution in [0.25, 0.3) is 22.2 Å². The van der Waals surface area contributed by atoms with Crippen LogP contribution in [-0.4, -0.2) is 14.2 Å². The fourth-order valence-corrected chi connectivity index (χ4v) is 3.08. The summed E-state index contributed by atoms with van der Waals surface area (Å²) in [6.45, 7) is 6.56. The Morgan fingerprint density at radius 3 is 2.48 bits per heavy atom. The second-order valence-electron chi connectivity index (χ2n) is 7.55. The van der Waals surface area contributed by atoms with Gasteiger partial charge in [0, 0.05) is 30.4 Å². The number of hydrogen-bond donors (Lipinski definition) is 2. The predicted molar refractivity (Wildman–Crippen MR) is 98.1 cm³/mol. The molecule has 6 heteroatoms. The van der Waals surface area contributed by atoms with Crippen molar-refractivity contribution >= 4 is 16.7 Å². The van der Waals surface area contributed by atoms with Crippen LogP contribution >= 0.6 is 0 Å². The largest absolute Gasteiger partial charge is 0.508 e. The number of imidazole rings is 1. The second-order valence-corrected chi connectivity index (χ2v) is 7.55. The van der Waals surface area contributed by atoms with Crippen molar-refractivity contribution in [2.45, 2.75) is 27.3 Å². The Hall–Kier alpha value is -2.76. The van der Waals surface area contributed by atoms with Gasteiger partial charge in [-0.3, -0.25) is 9.13 Å². The highest BCUT2D eigenvalue weighted by atomic mass is 19.1. The zero-order valence-corrected chi connectivity index (χ0v) is 14.8. The van der Waals surface area contributed by atoms with Gasteiger partial charge < -0.3 is 10.8 Å². The van der Waals surface area contributed by atoms with Crippen LogP contribution in [0.1, 0.15) is 20.8 Å². The number of benzene rings is 2. The van der Waals surface area contributed by atoms with Crippen LogP contribution in [0.3, 0.4) is 0 Å². The van der Waals surface area contributed by atoms with Gasteiger partial charge in [0.2, 0.25) is 0 Å². The van der Waals surface area contributed by atoms with Gasteiger partial charge in [0.25, 0.3) is 0 Å². The third kappa shape index (κ3) is 2.88. The van der Waals surface area contributed by atoms with Gasteiger partial charge in [-0.25, -0.2) is 9.18 Å². The fourth-order valence-electron chi connectivity index (χ4n) is 3.08. The van der Waals surface area contributed by atoms with Crippen LogP contribution in [0.4, 0.5) is 10.1 Å². The summed E-state index contributed by atoms with van der Waals surface area (Å²) in [7, 11) is 1.56. The van der Waals surface area contributed by atoms with Crippen molar-refractivity contribution in [2.75, 3.05) is 5.73 Å². The van der Waals surface area contributed by atoms with Crippen LogP contribution in [0.2, 0.25) is 0 Å². The van der Waals surface area contributed by atoms with Crippen molar-refractivity contribution in [3.8, 4) is 16.9 Å². The summed E-state index contributed by atoms with van der Waals surface area (Å²) in [6, 6.07) is 7.72. The summed E-state index contributed by atoms with van der Waals surface area (Å²) in [4.78, 5) is 12.6. The molecule has 0 bridgehead atoms. The molecule has 132 valence electrons. The third-order valence-electron chi connectivity index (χ3n) is 4.20. The molecular formula is C19H22FN3O2. The van der Waals surface area contributed by atoms with Gasteiger partial charge in [-0.15, -0.1) is 0 Å². The Labute approximate surface area is 145 Å². The number of hydrogen-bond acceptors (Lipinski definition) is 3. The molecule has 0 aliphatic rings. The van der Waals surface area contributed by atoms with E-state index in [-0.39, 0.29) is 27.9 Å². The van der Waals surface area contributed by atoms with E-state index in [1.807, 2.05) is 20.8 Å². The maximum Gasteiger partial charge on any atom is 0.328 e. The van der Waals surface area contributed by atoms with Crippen LogP contribution in [0, 0.1) is 11.2 Å². The van der Waals surface area contributed by atoms with Crippen LogP contribution < -0.4 is 11.4 Å². The lowest BCUT2D eigenvalue weighted by molar-refractivity contribution is 0.342. The van der Waals surface area contributed by atoms with Gasteiger partial charge in [0.05, 0.1) is 5.52 Å². The number of aryl methyl sites for hydroxylation is 1. The van der Waals surface area contributed by atoms with Crippen LogP contribution in [-0.2, 0) is 13.6 Å². The predicted octanol–water partition coefficient (Wildman–Crippen LogP) is 3.48. The van der Waals surface area contributed by atoms with Crippen LogP contribution in [0.15, 0.2) is 35.1 Å². The molecule has 0 aliphatic carbocycles. The Morgan fingerprint density at radius 2 is 1.84 bits per heavy atom. The number of halogens is 1. The summed E-state index contributed by atoms with van der Waals surface area (Å²) in [6.07, 6.45) is 0. The van der Waals surface area contributed by atoms with Crippen molar-refractivity contribution in [1.82, 2.24) is 9.13 Å². The minimum atomic E-state index is -0.526. The highest BCUT2D eigenvalue weighted by Crippen LogP contribution is 2.34. The normalized spacial score (nSPS) is 12.0. The average molecular weight is 343 g/mol. The minimum absolute atomic E-state index is 0.00267. The summed E-state index contributed by atoms with van der Waals surface area (Å²) in [5.74, 6) is -0.523. The quantitative estimate of drug-likeness (QED) is 0.553. The Bertz CT molecular complexity index is 1030. The molecule has 0 amide bonds. The first-order valence-corrected chi connectivity index (χ1v) is 8.07. The fraction of sp³-hybridized carbons (Fsp3) is 0.316. The van der Waals surface area contributed by atoms with E-state index in [1.54, 1.807) is 23.7 Å². The zero-order valence-electron chi connectivity index (χ0n) is 14.8. The lowest BCUT2D eigenvalue weighted by Crippen LogP contribution is -2.27. The van der Waals surface area contributed by atoms with E-state index in [0.717, 1.165) is 0 Å². The van der Waals surface area contributed by atoms with Gasteiger partial charge >= 0.3 is 5.69 Å². The first-order valence-electron chi connectivity index (χ1n) is 8.07. The molecule has 1 heterocycles. The molecule has 1 aromatic heterocycles. The molecular weight excluding hydrogens is 321 g/mol. The Balaban J connectivity index is 2.31. The standard InChI is InChI=1S/C19H22FN3O2/c1-19(2,3)10-23-15-8-6-12(13-9-11(24)5-7-14(13)21)16(20)17(15)22(4)18(23)25/h5-9,24H,10,21H2,1-4H3. The Morgan fingerprint density at radius 1 is 1.16 bits per heavy atom. The maximum atomic E-state index is 15.2. The summed E-state index contributed by atoms with van der Waals surface area (Å²) in [5.41, 5.74) is 7.34. The molecule has 0 aliphatic heterocycles. The van der Waals surface area contributed by atoms with E-state index in [9.17, 15) is 9.90 Å². The Kier molecular flexibility index (Phi) is 3.86. The van der Waals surface area contributed by atoms with Crippen molar-refractivity contribution in [2.24, 2.45) is 12.5 Å². The highest BCUT2D eigenvalue weighted by molar-refractivity contribution is 5.87. The van der Waals surface area contributed by atoms with E-state index in [0.29, 0.717) is 23.3 Å². The maximum absolute atomic E-state index is 15.2. The molecule has 5 nitrogen and oxygen atoms in total. The zero-order chi connectivity index (χ0) is 18.5. The molecule has 2 aromatic carbocycles. The molecule has 0 atom stereocenters. The molecule has 0 radical (unpaired) electrons. The molecule has 0 unspecified atom stereocenters.